The molecule has 0 amide bonds. The molecule has 4 rings (SSSR count). The van der Waals surface area contributed by atoms with E-state index < -0.39 is 21.7 Å². The maximum atomic E-state index is 13.0. The number of sulfone groups is 1. The van der Waals surface area contributed by atoms with Crippen molar-refractivity contribution >= 4 is 20.9 Å². The third kappa shape index (κ3) is 3.32. The molecule has 156 valence electrons. The lowest BCUT2D eigenvalue weighted by molar-refractivity contribution is -0.141. The summed E-state index contributed by atoms with van der Waals surface area (Å²) in [7, 11) is -2.12. The summed E-state index contributed by atoms with van der Waals surface area (Å²) in [6, 6.07) is 3.77. The van der Waals surface area contributed by atoms with Crippen LogP contribution in [0.2, 0.25) is 0 Å². The molecular weight excluding hydrogens is 421 g/mol. The van der Waals surface area contributed by atoms with Crippen molar-refractivity contribution in [3.63, 3.8) is 0 Å². The van der Waals surface area contributed by atoms with Crippen LogP contribution < -0.4 is 0 Å². The van der Waals surface area contributed by atoms with Crippen LogP contribution in [0.1, 0.15) is 12.6 Å². The van der Waals surface area contributed by atoms with Gasteiger partial charge in [0.05, 0.1) is 27.9 Å². The zero-order chi connectivity index (χ0) is 21.7. The van der Waals surface area contributed by atoms with E-state index >= 15 is 0 Å². The molecule has 0 aromatic carbocycles. The molecule has 0 aliphatic rings. The number of hydrogen-bond acceptors (Lipinski definition) is 6. The van der Waals surface area contributed by atoms with Gasteiger partial charge in [0.15, 0.2) is 15.7 Å². The molecule has 0 fully saturated rings. The second kappa shape index (κ2) is 6.90. The van der Waals surface area contributed by atoms with Crippen LogP contribution in [0.5, 0.6) is 0 Å². The van der Waals surface area contributed by atoms with Gasteiger partial charge in [-0.3, -0.25) is 4.57 Å². The van der Waals surface area contributed by atoms with E-state index in [1.54, 1.807) is 17.8 Å². The van der Waals surface area contributed by atoms with E-state index in [0.29, 0.717) is 11.3 Å². The van der Waals surface area contributed by atoms with Crippen molar-refractivity contribution in [3.8, 4) is 17.3 Å². The molecular formula is C18H15F3N6O2S. The molecule has 4 aromatic heterocycles. The first-order chi connectivity index (χ1) is 14.1. The molecule has 0 N–H and O–H groups in total. The Morgan fingerprint density at radius 1 is 1.17 bits per heavy atom. The maximum absolute atomic E-state index is 13.0. The van der Waals surface area contributed by atoms with Gasteiger partial charge in [-0.1, -0.05) is 6.92 Å². The van der Waals surface area contributed by atoms with Gasteiger partial charge in [0.2, 0.25) is 0 Å². The minimum atomic E-state index is -4.62. The molecule has 0 radical (unpaired) electrons. The summed E-state index contributed by atoms with van der Waals surface area (Å²) >= 11 is 0. The molecule has 30 heavy (non-hydrogen) atoms. The van der Waals surface area contributed by atoms with Gasteiger partial charge in [-0.25, -0.2) is 28.4 Å². The van der Waals surface area contributed by atoms with Crippen LogP contribution in [0.25, 0.3) is 28.4 Å². The van der Waals surface area contributed by atoms with Crippen LogP contribution in [0.3, 0.4) is 0 Å². The summed E-state index contributed by atoms with van der Waals surface area (Å²) in [5.74, 6) is 0.328. The standard InChI is InChI=1S/C18H15F3N6O2S/c1-3-30(28,29)13-4-5-15(27-7-6-22-10-27)25-16(13)17-24-11-8-14(18(19,20)21)23-9-12(11)26(17)2/h4-10H,3H2,1-2H3. The van der Waals surface area contributed by atoms with E-state index in [9.17, 15) is 21.6 Å². The molecule has 0 spiro atoms. The smallest absolute Gasteiger partial charge is 0.324 e. The number of halogens is 3. The van der Waals surface area contributed by atoms with Gasteiger partial charge in [-0.15, -0.1) is 0 Å². The summed E-state index contributed by atoms with van der Waals surface area (Å²) in [6.45, 7) is 1.50. The molecule has 0 saturated heterocycles. The molecule has 4 aromatic rings. The first-order valence-electron chi connectivity index (χ1n) is 8.74. The van der Waals surface area contributed by atoms with Crippen LogP contribution >= 0.6 is 0 Å². The van der Waals surface area contributed by atoms with E-state index in [1.165, 1.54) is 36.1 Å². The van der Waals surface area contributed by atoms with E-state index in [1.807, 2.05) is 0 Å². The summed E-state index contributed by atoms with van der Waals surface area (Å²) in [5, 5.41) is 0. The van der Waals surface area contributed by atoms with Crippen molar-refractivity contribution in [2.24, 2.45) is 7.05 Å². The average molecular weight is 436 g/mol. The number of aryl methyl sites for hydroxylation is 1. The highest BCUT2D eigenvalue weighted by Crippen LogP contribution is 2.32. The Kier molecular flexibility index (Phi) is 4.60. The number of alkyl halides is 3. The number of rotatable bonds is 4. The summed E-state index contributed by atoms with van der Waals surface area (Å²) in [6.07, 6.45) is 1.10. The Labute approximate surface area is 169 Å². The van der Waals surface area contributed by atoms with Gasteiger partial charge in [-0.05, 0) is 18.2 Å². The first kappa shape index (κ1) is 20.0. The van der Waals surface area contributed by atoms with Crippen molar-refractivity contribution < 1.29 is 21.6 Å². The Bertz CT molecular complexity index is 1340. The minimum absolute atomic E-state index is 0.0319. The Morgan fingerprint density at radius 2 is 1.93 bits per heavy atom. The molecule has 0 bridgehead atoms. The van der Waals surface area contributed by atoms with Crippen LogP contribution in [0.4, 0.5) is 13.2 Å². The normalized spacial score (nSPS) is 12.6. The predicted octanol–water partition coefficient (Wildman–Crippen LogP) is 3.03. The lowest BCUT2D eigenvalue weighted by Gasteiger charge is -2.11. The van der Waals surface area contributed by atoms with Gasteiger partial charge in [0.1, 0.15) is 23.5 Å². The van der Waals surface area contributed by atoms with Gasteiger partial charge in [0.25, 0.3) is 0 Å². The van der Waals surface area contributed by atoms with Gasteiger partial charge in [-0.2, -0.15) is 13.2 Å². The summed E-state index contributed by atoms with van der Waals surface area (Å²) in [4.78, 5) is 16.0. The molecule has 0 unspecified atom stereocenters. The van der Waals surface area contributed by atoms with Gasteiger partial charge in [0, 0.05) is 19.4 Å². The lowest BCUT2D eigenvalue weighted by Crippen LogP contribution is -2.10. The Morgan fingerprint density at radius 3 is 2.57 bits per heavy atom. The van der Waals surface area contributed by atoms with Crippen molar-refractivity contribution in [2.75, 3.05) is 5.75 Å². The summed E-state index contributed by atoms with van der Waals surface area (Å²) in [5.41, 5.74) is -0.700. The van der Waals surface area contributed by atoms with Crippen molar-refractivity contribution in [1.82, 2.24) is 29.1 Å². The fraction of sp³-hybridized carbons (Fsp3) is 0.222. The quantitative estimate of drug-likeness (QED) is 0.488. The highest BCUT2D eigenvalue weighted by atomic mass is 32.2. The van der Waals surface area contributed by atoms with Crippen LogP contribution in [0, 0.1) is 0 Å². The maximum Gasteiger partial charge on any atom is 0.433 e. The van der Waals surface area contributed by atoms with Crippen molar-refractivity contribution in [1.29, 1.82) is 0 Å². The molecule has 0 aliphatic heterocycles. The predicted molar refractivity (Wildman–Crippen MR) is 102 cm³/mol. The number of fused-ring (bicyclic) bond motifs is 1. The molecule has 4 heterocycles. The lowest BCUT2D eigenvalue weighted by atomic mass is 10.3. The zero-order valence-corrected chi connectivity index (χ0v) is 16.6. The number of hydrogen-bond donors (Lipinski definition) is 0. The average Bonchev–Trinajstić information content (AvgIpc) is 3.35. The molecule has 12 heteroatoms. The topological polar surface area (TPSA) is 95.6 Å². The number of pyridine rings is 2. The molecule has 0 saturated carbocycles. The largest absolute Gasteiger partial charge is 0.433 e. The Balaban J connectivity index is 1.99. The van der Waals surface area contributed by atoms with Crippen molar-refractivity contribution in [3.05, 3.63) is 48.8 Å². The molecule has 0 atom stereocenters. The molecule has 8 nitrogen and oxygen atoms in total. The SMILES string of the molecule is CCS(=O)(=O)c1ccc(-n2ccnc2)nc1-c1nc2cc(C(F)(F)F)ncc2n1C. The third-order valence-corrected chi connectivity index (χ3v) is 6.36. The van der Waals surface area contributed by atoms with Crippen LogP contribution in [-0.4, -0.2) is 43.2 Å². The number of nitrogens with zero attached hydrogens (tertiary/aromatic N) is 6. The second-order valence-corrected chi connectivity index (χ2v) is 8.69. The van der Waals surface area contributed by atoms with Gasteiger partial charge >= 0.3 is 6.18 Å². The fourth-order valence-corrected chi connectivity index (χ4v) is 4.01. The van der Waals surface area contributed by atoms with Gasteiger partial charge < -0.3 is 4.57 Å². The fourth-order valence-electron chi connectivity index (χ4n) is 3.00. The highest BCUT2D eigenvalue weighted by molar-refractivity contribution is 7.91. The van der Waals surface area contributed by atoms with E-state index in [2.05, 4.69) is 19.9 Å². The van der Waals surface area contributed by atoms with Crippen LogP contribution in [0.15, 0.2) is 48.0 Å². The third-order valence-electron chi connectivity index (χ3n) is 4.60. The van der Waals surface area contributed by atoms with E-state index in [-0.39, 0.29) is 27.7 Å². The minimum Gasteiger partial charge on any atom is -0.324 e. The molecule has 0 aliphatic carbocycles. The van der Waals surface area contributed by atoms with E-state index in [0.717, 1.165) is 12.3 Å². The van der Waals surface area contributed by atoms with Crippen LogP contribution in [-0.2, 0) is 23.1 Å². The van der Waals surface area contributed by atoms with E-state index in [4.69, 9.17) is 0 Å². The number of imidazole rings is 2. The first-order valence-corrected chi connectivity index (χ1v) is 10.4. The number of aromatic nitrogens is 6. The summed E-state index contributed by atoms with van der Waals surface area (Å²) < 4.78 is 67.4. The van der Waals surface area contributed by atoms with Crippen molar-refractivity contribution in [2.45, 2.75) is 18.0 Å². The second-order valence-electron chi connectivity index (χ2n) is 6.44. The monoisotopic (exact) mass is 436 g/mol. The zero-order valence-electron chi connectivity index (χ0n) is 15.8. The highest BCUT2D eigenvalue weighted by Gasteiger charge is 2.33. The Hall–Kier alpha value is -3.28.